The maximum absolute atomic E-state index is 10.1. The van der Waals surface area contributed by atoms with E-state index in [0.29, 0.717) is 0 Å². The molecule has 0 atom stereocenters. The first-order chi connectivity index (χ1) is 10.8. The lowest BCUT2D eigenvalue weighted by molar-refractivity contribution is -0.936. The van der Waals surface area contributed by atoms with Crippen LogP contribution in [0.2, 0.25) is 0 Å². The number of aliphatic carboxylic acids is 1. The van der Waals surface area contributed by atoms with Crippen molar-refractivity contribution in [3.05, 3.63) is 35.9 Å². The Kier molecular flexibility index (Phi) is 9.74. The van der Waals surface area contributed by atoms with Gasteiger partial charge in [-0.3, -0.25) is 9.59 Å². The number of benzene rings is 1. The average Bonchev–Trinajstić information content (AvgIpc) is 2.53. The van der Waals surface area contributed by atoms with Crippen LogP contribution in [-0.4, -0.2) is 41.7 Å². The molecule has 0 amide bonds. The first-order valence-electron chi connectivity index (χ1n) is 7.92. The summed E-state index contributed by atoms with van der Waals surface area (Å²) in [5.41, 5.74) is 1.46. The normalized spacial score (nSPS) is 10.4. The number of hydrogen-bond acceptors (Lipinski definition) is 4. The third-order valence-corrected chi connectivity index (χ3v) is 4.01. The van der Waals surface area contributed by atoms with Crippen LogP contribution < -0.4 is 5.11 Å². The molecule has 0 aliphatic heterocycles. The smallest absolute Gasteiger partial charge is 0.185 e. The van der Waals surface area contributed by atoms with E-state index in [1.165, 1.54) is 36.2 Å². The van der Waals surface area contributed by atoms with E-state index in [4.69, 9.17) is 0 Å². The second kappa shape index (κ2) is 10.7. The molecule has 0 saturated carbocycles. The summed E-state index contributed by atoms with van der Waals surface area (Å²) in [6.07, 6.45) is -0.567. The Morgan fingerprint density at radius 3 is 1.74 bits per heavy atom. The Bertz CT molecular complexity index is 499. The molecule has 5 nitrogen and oxygen atoms in total. The van der Waals surface area contributed by atoms with Crippen molar-refractivity contribution in [1.82, 2.24) is 0 Å². The highest BCUT2D eigenvalue weighted by Crippen LogP contribution is 2.13. The van der Waals surface area contributed by atoms with Gasteiger partial charge in [0.05, 0.1) is 26.1 Å². The Morgan fingerprint density at radius 2 is 1.43 bits per heavy atom. The van der Waals surface area contributed by atoms with Crippen molar-refractivity contribution in [2.75, 3.05) is 19.6 Å². The zero-order chi connectivity index (χ0) is 17.9. The third kappa shape index (κ3) is 8.26. The van der Waals surface area contributed by atoms with Gasteiger partial charge < -0.3 is 14.4 Å². The van der Waals surface area contributed by atoms with Crippen LogP contribution in [0.3, 0.4) is 0 Å². The number of ketones is 2. The van der Waals surface area contributed by atoms with Crippen LogP contribution in [0, 0.1) is 0 Å². The summed E-state index contributed by atoms with van der Waals surface area (Å²) in [7, 11) is 0. The monoisotopic (exact) mass is 321 g/mol. The number of nitrogens with zero attached hydrogens (tertiary/aromatic N) is 1. The fourth-order valence-corrected chi connectivity index (χ4v) is 2.28. The average molecular weight is 321 g/mol. The molecule has 0 spiro atoms. The quantitative estimate of drug-likeness (QED) is 0.411. The molecule has 0 saturated heterocycles. The summed E-state index contributed by atoms with van der Waals surface area (Å²) in [6, 6.07) is 10.8. The minimum Gasteiger partial charge on any atom is -0.542 e. The van der Waals surface area contributed by atoms with Gasteiger partial charge in [-0.15, -0.1) is 0 Å². The van der Waals surface area contributed by atoms with Gasteiger partial charge in [0.1, 0.15) is 18.3 Å². The van der Waals surface area contributed by atoms with Crippen molar-refractivity contribution >= 4 is 17.5 Å². The minimum atomic E-state index is -1.80. The molecule has 1 aromatic carbocycles. The molecule has 1 rings (SSSR count). The van der Waals surface area contributed by atoms with Gasteiger partial charge in [0.2, 0.25) is 0 Å². The summed E-state index contributed by atoms with van der Waals surface area (Å²) in [4.78, 5) is 29.7. The summed E-state index contributed by atoms with van der Waals surface area (Å²) in [5.74, 6) is -3.43. The van der Waals surface area contributed by atoms with Gasteiger partial charge in [0.25, 0.3) is 0 Å². The largest absolute Gasteiger partial charge is 0.542 e. The van der Waals surface area contributed by atoms with Crippen LogP contribution in [0.5, 0.6) is 0 Å². The van der Waals surface area contributed by atoms with E-state index in [0.717, 1.165) is 6.92 Å². The van der Waals surface area contributed by atoms with Crippen molar-refractivity contribution < 1.29 is 24.0 Å². The van der Waals surface area contributed by atoms with Crippen LogP contribution in [-0.2, 0) is 20.9 Å². The van der Waals surface area contributed by atoms with Gasteiger partial charge in [-0.05, 0) is 27.7 Å². The van der Waals surface area contributed by atoms with Crippen LogP contribution in [0.4, 0.5) is 0 Å². The number of Topliss-reactive ketones (excluding diaryl/α,β-unsaturated/α-hetero) is 2. The summed E-state index contributed by atoms with van der Waals surface area (Å²) < 4.78 is 1.20. The molecule has 0 bridgehead atoms. The summed E-state index contributed by atoms with van der Waals surface area (Å²) in [6.45, 7) is 12.8. The second-order valence-corrected chi connectivity index (χ2v) is 5.52. The van der Waals surface area contributed by atoms with Crippen LogP contribution in [0.15, 0.2) is 30.3 Å². The number of carboxylic acids is 1. The lowest BCUT2D eigenvalue weighted by Crippen LogP contribution is -2.46. The molecule has 5 heteroatoms. The predicted octanol–water partition coefficient (Wildman–Crippen LogP) is 1.35. The van der Waals surface area contributed by atoms with Gasteiger partial charge in [0.15, 0.2) is 5.78 Å². The minimum absolute atomic E-state index is 0.468. The van der Waals surface area contributed by atoms with Crippen molar-refractivity contribution in [3.63, 3.8) is 0 Å². The fourth-order valence-electron chi connectivity index (χ4n) is 2.28. The van der Waals surface area contributed by atoms with Crippen molar-refractivity contribution in [2.45, 2.75) is 40.7 Å². The molecular weight excluding hydrogens is 294 g/mol. The second-order valence-electron chi connectivity index (χ2n) is 5.52. The van der Waals surface area contributed by atoms with Crippen molar-refractivity contribution in [3.8, 4) is 0 Å². The van der Waals surface area contributed by atoms with E-state index in [9.17, 15) is 19.5 Å². The Hall–Kier alpha value is -2.01. The van der Waals surface area contributed by atoms with E-state index >= 15 is 0 Å². The standard InChI is InChI=1S/C13H22N.C5H6O4/c1-4-14(5-2,6-3)12-13-10-8-7-9-11-13;1-3(6)2-4(7)5(8)9/h7-11H,4-6,12H2,1-3H3;2H2,1H3,(H,8,9)/q+1;/p-1. The highest BCUT2D eigenvalue weighted by atomic mass is 16.4. The molecular formula is C18H27NO4. The van der Waals surface area contributed by atoms with Crippen LogP contribution in [0.1, 0.15) is 39.7 Å². The van der Waals surface area contributed by atoms with Crippen molar-refractivity contribution in [2.24, 2.45) is 0 Å². The fraction of sp³-hybridized carbons (Fsp3) is 0.500. The Labute approximate surface area is 138 Å². The highest BCUT2D eigenvalue weighted by Gasteiger charge is 2.20. The zero-order valence-corrected chi connectivity index (χ0v) is 14.5. The predicted molar refractivity (Wildman–Crippen MR) is 87.3 cm³/mol. The summed E-state index contributed by atoms with van der Waals surface area (Å²) in [5, 5.41) is 9.62. The molecule has 0 aromatic heterocycles. The van der Waals surface area contributed by atoms with Gasteiger partial charge in [-0.1, -0.05) is 30.3 Å². The highest BCUT2D eigenvalue weighted by molar-refractivity contribution is 6.35. The van der Waals surface area contributed by atoms with E-state index in [2.05, 4.69) is 51.1 Å². The molecule has 23 heavy (non-hydrogen) atoms. The van der Waals surface area contributed by atoms with Crippen LogP contribution >= 0.6 is 0 Å². The molecule has 0 N–H and O–H groups in total. The topological polar surface area (TPSA) is 74.3 Å². The van der Waals surface area contributed by atoms with E-state index in [1.807, 2.05) is 0 Å². The number of carbonyl (C=O) groups excluding carboxylic acids is 3. The number of quaternary nitrogens is 1. The SMILES string of the molecule is CC(=O)CC(=O)C(=O)[O-].CC[N+](CC)(CC)Cc1ccccc1. The number of carbonyl (C=O) groups is 3. The lowest BCUT2D eigenvalue weighted by Gasteiger charge is -2.35. The van der Waals surface area contributed by atoms with Crippen LogP contribution in [0.25, 0.3) is 0 Å². The number of rotatable bonds is 8. The van der Waals surface area contributed by atoms with Gasteiger partial charge in [-0.25, -0.2) is 0 Å². The molecule has 0 aliphatic rings. The molecule has 128 valence electrons. The van der Waals surface area contributed by atoms with Gasteiger partial charge >= 0.3 is 0 Å². The first kappa shape index (κ1) is 21.0. The molecule has 1 aromatic rings. The Balaban J connectivity index is 0.000000468. The van der Waals surface area contributed by atoms with E-state index in [-0.39, 0.29) is 0 Å². The maximum atomic E-state index is 10.1. The third-order valence-electron chi connectivity index (χ3n) is 4.01. The maximum Gasteiger partial charge on any atom is 0.185 e. The summed E-state index contributed by atoms with van der Waals surface area (Å²) >= 11 is 0. The number of hydrogen-bond donors (Lipinski definition) is 0. The van der Waals surface area contributed by atoms with Gasteiger partial charge in [-0.2, -0.15) is 0 Å². The van der Waals surface area contributed by atoms with E-state index < -0.39 is 24.0 Å². The molecule has 0 radical (unpaired) electrons. The zero-order valence-electron chi connectivity index (χ0n) is 14.5. The van der Waals surface area contributed by atoms with E-state index in [1.54, 1.807) is 0 Å². The Morgan fingerprint density at radius 1 is 0.957 bits per heavy atom. The molecule has 0 unspecified atom stereocenters. The first-order valence-corrected chi connectivity index (χ1v) is 7.92. The molecule has 0 fully saturated rings. The molecule has 0 aliphatic carbocycles. The lowest BCUT2D eigenvalue weighted by atomic mass is 10.2. The number of carboxylic acid groups (broad SMARTS) is 1. The molecule has 0 heterocycles. The van der Waals surface area contributed by atoms with Gasteiger partial charge in [0, 0.05) is 5.56 Å². The van der Waals surface area contributed by atoms with Crippen molar-refractivity contribution in [1.29, 1.82) is 0 Å².